The molecule has 5 aromatic rings. The van der Waals surface area contributed by atoms with Crippen LogP contribution in [0, 0.1) is 0 Å². The fourth-order valence-electron chi connectivity index (χ4n) is 7.67. The Kier molecular flexibility index (Phi) is 6.64. The van der Waals surface area contributed by atoms with E-state index in [4.69, 9.17) is 0 Å². The summed E-state index contributed by atoms with van der Waals surface area (Å²) in [5.74, 6) is 0.428. The van der Waals surface area contributed by atoms with Gasteiger partial charge < -0.3 is 0 Å². The van der Waals surface area contributed by atoms with E-state index in [2.05, 4.69) is 128 Å². The lowest BCUT2D eigenvalue weighted by Gasteiger charge is -2.33. The van der Waals surface area contributed by atoms with Crippen LogP contribution in [-0.4, -0.2) is 0 Å². The molecule has 2 aliphatic carbocycles. The van der Waals surface area contributed by atoms with Crippen LogP contribution in [0.1, 0.15) is 78.3 Å². The van der Waals surface area contributed by atoms with Gasteiger partial charge in [-0.05, 0) is 74.9 Å². The molecule has 0 unspecified atom stereocenters. The van der Waals surface area contributed by atoms with Crippen LogP contribution < -0.4 is 0 Å². The summed E-state index contributed by atoms with van der Waals surface area (Å²) in [7, 11) is 0. The van der Waals surface area contributed by atoms with Crippen molar-refractivity contribution < 1.29 is 0 Å². The molecule has 198 valence electrons. The van der Waals surface area contributed by atoms with Gasteiger partial charge in [-0.3, -0.25) is 0 Å². The third-order valence-electron chi connectivity index (χ3n) is 9.56. The molecule has 0 spiro atoms. The molecular formula is C40H38. The predicted molar refractivity (Wildman–Crippen MR) is 169 cm³/mol. The minimum Gasteiger partial charge on any atom is -0.0654 e. The number of rotatable bonds is 9. The van der Waals surface area contributed by atoms with Crippen LogP contribution in [0.15, 0.2) is 121 Å². The smallest absolute Gasteiger partial charge is 0.0255 e. The molecule has 0 fully saturated rings. The number of hydrogen-bond donors (Lipinski definition) is 0. The van der Waals surface area contributed by atoms with Crippen molar-refractivity contribution in [2.45, 2.75) is 63.2 Å². The largest absolute Gasteiger partial charge is 0.0654 e. The Morgan fingerprint density at radius 2 is 1.00 bits per heavy atom. The number of hydrogen-bond acceptors (Lipinski definition) is 0. The monoisotopic (exact) mass is 518 g/mol. The SMILES string of the molecule is CCCCCCC1(Cc2ccc(CC3c4ccccc4-c4ccccc43)cc2)c2ccccc2-c2ccccc21. The molecule has 0 nitrogen and oxygen atoms in total. The molecule has 0 aliphatic heterocycles. The maximum Gasteiger partial charge on any atom is 0.0255 e. The van der Waals surface area contributed by atoms with Crippen molar-refractivity contribution in [2.75, 3.05) is 0 Å². The van der Waals surface area contributed by atoms with Gasteiger partial charge in [0, 0.05) is 11.3 Å². The highest BCUT2D eigenvalue weighted by molar-refractivity contribution is 5.81. The van der Waals surface area contributed by atoms with Crippen LogP contribution in [-0.2, 0) is 18.3 Å². The average molecular weight is 519 g/mol. The van der Waals surface area contributed by atoms with Crippen LogP contribution in [0.3, 0.4) is 0 Å². The zero-order valence-corrected chi connectivity index (χ0v) is 23.6. The molecule has 0 heteroatoms. The van der Waals surface area contributed by atoms with E-state index in [0.717, 1.165) is 12.8 Å². The van der Waals surface area contributed by atoms with Gasteiger partial charge in [0.05, 0.1) is 0 Å². The molecule has 5 aromatic carbocycles. The van der Waals surface area contributed by atoms with Crippen molar-refractivity contribution in [3.05, 3.63) is 155 Å². The molecule has 0 aromatic heterocycles. The van der Waals surface area contributed by atoms with Crippen molar-refractivity contribution in [1.29, 1.82) is 0 Å². The van der Waals surface area contributed by atoms with E-state index in [1.54, 1.807) is 0 Å². The van der Waals surface area contributed by atoms with E-state index in [-0.39, 0.29) is 5.41 Å². The van der Waals surface area contributed by atoms with Crippen molar-refractivity contribution in [3.8, 4) is 22.3 Å². The van der Waals surface area contributed by atoms with Gasteiger partial charge in [0.15, 0.2) is 0 Å². The maximum absolute atomic E-state index is 2.42. The second-order valence-corrected chi connectivity index (χ2v) is 11.9. The Balaban J connectivity index is 1.20. The molecule has 0 radical (unpaired) electrons. The van der Waals surface area contributed by atoms with Crippen LogP contribution in [0.5, 0.6) is 0 Å². The molecule has 7 rings (SSSR count). The molecular weight excluding hydrogens is 480 g/mol. The van der Waals surface area contributed by atoms with E-state index in [9.17, 15) is 0 Å². The van der Waals surface area contributed by atoms with Gasteiger partial charge in [-0.25, -0.2) is 0 Å². The van der Waals surface area contributed by atoms with Crippen LogP contribution >= 0.6 is 0 Å². The Morgan fingerprint density at radius 3 is 1.57 bits per heavy atom. The van der Waals surface area contributed by atoms with Gasteiger partial charge in [-0.1, -0.05) is 154 Å². The molecule has 0 amide bonds. The summed E-state index contributed by atoms with van der Waals surface area (Å²) in [6, 6.07) is 45.9. The van der Waals surface area contributed by atoms with Gasteiger partial charge in [0.2, 0.25) is 0 Å². The Labute approximate surface area is 239 Å². The fraction of sp³-hybridized carbons (Fsp3) is 0.250. The maximum atomic E-state index is 2.42. The summed E-state index contributed by atoms with van der Waals surface area (Å²) < 4.78 is 0. The topological polar surface area (TPSA) is 0 Å². The third kappa shape index (κ3) is 4.22. The van der Waals surface area contributed by atoms with Crippen LogP contribution in [0.2, 0.25) is 0 Å². The lowest BCUT2D eigenvalue weighted by atomic mass is 9.70. The summed E-state index contributed by atoms with van der Waals surface area (Å²) in [5.41, 5.74) is 14.6. The van der Waals surface area contributed by atoms with E-state index in [1.807, 2.05) is 0 Å². The van der Waals surface area contributed by atoms with Crippen molar-refractivity contribution >= 4 is 0 Å². The minimum atomic E-state index is 0.0474. The number of benzene rings is 5. The van der Waals surface area contributed by atoms with Gasteiger partial charge in [-0.2, -0.15) is 0 Å². The van der Waals surface area contributed by atoms with Crippen LogP contribution in [0.25, 0.3) is 22.3 Å². The van der Waals surface area contributed by atoms with E-state index >= 15 is 0 Å². The predicted octanol–water partition coefficient (Wildman–Crippen LogP) is 10.5. The molecule has 0 bridgehead atoms. The zero-order valence-electron chi connectivity index (χ0n) is 23.6. The summed E-state index contributed by atoms with van der Waals surface area (Å²) >= 11 is 0. The second-order valence-electron chi connectivity index (χ2n) is 11.9. The summed E-state index contributed by atoms with van der Waals surface area (Å²) in [6.07, 6.45) is 8.49. The normalized spacial score (nSPS) is 14.4. The Bertz CT molecular complexity index is 1550. The molecule has 0 saturated carbocycles. The van der Waals surface area contributed by atoms with E-state index < -0.39 is 0 Å². The van der Waals surface area contributed by atoms with Crippen LogP contribution in [0.4, 0.5) is 0 Å². The third-order valence-corrected chi connectivity index (χ3v) is 9.56. The summed E-state index contributed by atoms with van der Waals surface area (Å²) in [6.45, 7) is 2.31. The van der Waals surface area contributed by atoms with E-state index in [1.165, 1.54) is 87.7 Å². The highest BCUT2D eigenvalue weighted by atomic mass is 14.4. The first kappa shape index (κ1) is 25.1. The van der Waals surface area contributed by atoms with Crippen molar-refractivity contribution in [3.63, 3.8) is 0 Å². The van der Waals surface area contributed by atoms with Crippen molar-refractivity contribution in [1.82, 2.24) is 0 Å². The molecule has 0 saturated heterocycles. The summed E-state index contributed by atoms with van der Waals surface area (Å²) in [4.78, 5) is 0. The molecule has 0 atom stereocenters. The second kappa shape index (κ2) is 10.6. The molecule has 40 heavy (non-hydrogen) atoms. The average Bonchev–Trinajstić information content (AvgIpc) is 3.47. The summed E-state index contributed by atoms with van der Waals surface area (Å²) in [5, 5.41) is 0. The first-order valence-electron chi connectivity index (χ1n) is 15.2. The Hall–Kier alpha value is -3.90. The lowest BCUT2D eigenvalue weighted by molar-refractivity contribution is 0.447. The minimum absolute atomic E-state index is 0.0474. The van der Waals surface area contributed by atoms with Gasteiger partial charge in [-0.15, -0.1) is 0 Å². The molecule has 2 aliphatic rings. The number of fused-ring (bicyclic) bond motifs is 6. The van der Waals surface area contributed by atoms with Gasteiger partial charge >= 0.3 is 0 Å². The molecule has 0 heterocycles. The highest BCUT2D eigenvalue weighted by Gasteiger charge is 2.42. The Morgan fingerprint density at radius 1 is 0.500 bits per heavy atom. The van der Waals surface area contributed by atoms with E-state index in [0.29, 0.717) is 5.92 Å². The van der Waals surface area contributed by atoms with Crippen molar-refractivity contribution in [2.24, 2.45) is 0 Å². The molecule has 0 N–H and O–H groups in total. The first-order chi connectivity index (χ1) is 19.8. The fourth-order valence-corrected chi connectivity index (χ4v) is 7.67. The number of unbranched alkanes of at least 4 members (excludes halogenated alkanes) is 3. The highest BCUT2D eigenvalue weighted by Crippen LogP contribution is 2.53. The zero-order chi connectivity index (χ0) is 26.9. The standard InChI is InChI=1S/C40H38/c1-2-3-4-13-26-40(38-20-11-9-18-35(38)36-19-10-12-21-39(36)40)28-30-24-22-29(23-25-30)27-37-33-16-7-5-14-31(33)32-15-6-8-17-34(32)37/h5-12,14-25,37H,2-4,13,26-28H2,1H3. The van der Waals surface area contributed by atoms with Gasteiger partial charge in [0.25, 0.3) is 0 Å². The quantitative estimate of drug-likeness (QED) is 0.170. The lowest BCUT2D eigenvalue weighted by Crippen LogP contribution is -2.28. The van der Waals surface area contributed by atoms with Gasteiger partial charge in [0.1, 0.15) is 0 Å². The first-order valence-corrected chi connectivity index (χ1v) is 15.2.